The number of carbonyl (C=O) groups excluding carboxylic acids is 3. The van der Waals surface area contributed by atoms with E-state index in [1.54, 1.807) is 48.5 Å². The minimum atomic E-state index is -0.867. The lowest BCUT2D eigenvalue weighted by Crippen LogP contribution is -2.48. The van der Waals surface area contributed by atoms with Crippen LogP contribution in [0.2, 0.25) is 5.02 Å². The van der Waals surface area contributed by atoms with Gasteiger partial charge in [0, 0.05) is 48.2 Å². The summed E-state index contributed by atoms with van der Waals surface area (Å²) >= 11 is 6.36. The molecule has 0 aliphatic carbocycles. The van der Waals surface area contributed by atoms with Crippen LogP contribution < -0.4 is 20.4 Å². The molecule has 3 aromatic rings. The van der Waals surface area contributed by atoms with Gasteiger partial charge in [-0.3, -0.25) is 29.9 Å². The fraction of sp³-hybridized carbons (Fsp3) is 0.188. The fourth-order valence-electron chi connectivity index (χ4n) is 4.49. The van der Waals surface area contributed by atoms with Crippen molar-refractivity contribution in [2.45, 2.75) is 19.3 Å². The average Bonchev–Trinajstić information content (AvgIpc) is 3.35. The van der Waals surface area contributed by atoms with Crippen LogP contribution in [0.15, 0.2) is 77.4 Å². The highest BCUT2D eigenvalue weighted by molar-refractivity contribution is 6.35. The number of halogens is 1. The summed E-state index contributed by atoms with van der Waals surface area (Å²) in [6.45, 7) is 0.863. The quantitative estimate of drug-likeness (QED) is 0.115. The number of nitrogens with one attached hydrogen (secondary N) is 2. The van der Waals surface area contributed by atoms with Crippen LogP contribution in [0, 0.1) is 32.8 Å². The number of nitro groups is 1. The van der Waals surface area contributed by atoms with Crippen molar-refractivity contribution in [3.8, 4) is 17.9 Å². The van der Waals surface area contributed by atoms with Gasteiger partial charge in [0.15, 0.2) is 5.84 Å². The maximum Gasteiger partial charge on any atom is 0.297 e. The van der Waals surface area contributed by atoms with Gasteiger partial charge in [0.05, 0.1) is 42.0 Å². The maximum atomic E-state index is 13.6. The molecule has 0 saturated heterocycles. The first-order valence-corrected chi connectivity index (χ1v) is 14.4. The lowest BCUT2D eigenvalue weighted by Gasteiger charge is -2.22. The number of nitriles is 2. The van der Waals surface area contributed by atoms with Crippen LogP contribution in [-0.2, 0) is 14.4 Å². The van der Waals surface area contributed by atoms with Crippen molar-refractivity contribution in [3.63, 3.8) is 0 Å². The van der Waals surface area contributed by atoms with Crippen molar-refractivity contribution in [2.24, 2.45) is 4.99 Å². The maximum absolute atomic E-state index is 13.6. The summed E-state index contributed by atoms with van der Waals surface area (Å²) in [5, 5.41) is 32.8. The molecule has 2 N–H and O–H groups in total. The highest BCUT2D eigenvalue weighted by Gasteiger charge is 2.35. The van der Waals surface area contributed by atoms with E-state index in [-0.39, 0.29) is 40.6 Å². The number of methoxy groups -OCH3 is 1. The van der Waals surface area contributed by atoms with Crippen LogP contribution in [-0.4, -0.2) is 53.7 Å². The topological polar surface area (TPSA) is 194 Å². The smallest absolute Gasteiger partial charge is 0.297 e. The molecule has 0 spiro atoms. The highest BCUT2D eigenvalue weighted by atomic mass is 35.5. The first-order valence-electron chi connectivity index (χ1n) is 14.0. The number of carbonyl (C=O) groups is 3. The second kappa shape index (κ2) is 15.7. The number of hydrogen-bond acceptors (Lipinski definition) is 10. The molecule has 3 amide bonds. The summed E-state index contributed by atoms with van der Waals surface area (Å²) in [7, 11) is 1.47. The molecule has 0 unspecified atom stereocenters. The van der Waals surface area contributed by atoms with Crippen molar-refractivity contribution in [2.75, 3.05) is 30.4 Å². The minimum absolute atomic E-state index is 0.000255. The standard InChI is InChI=1S/C32H27ClN8O6/c1-47-25-6-2-5-22(18-25)36-29(42)20-30(43)38-40-31(26-19-24(41(45)46)11-12-27(26)33)37-28(32(40)44)17-21-7-9-23(10-8-21)39(15-3-13-34)16-4-14-35/h2,5-12,17-19H,3-4,15-16,20H2,1H3,(H,36,42)(H,38,43)/b28-17+. The molecule has 4 rings (SSSR count). The molecule has 1 aliphatic rings. The van der Waals surface area contributed by atoms with Crippen LogP contribution in [0.1, 0.15) is 30.4 Å². The molecule has 14 nitrogen and oxygen atoms in total. The van der Waals surface area contributed by atoms with Gasteiger partial charge in [-0.2, -0.15) is 15.5 Å². The molecule has 0 radical (unpaired) electrons. The molecule has 238 valence electrons. The predicted octanol–water partition coefficient (Wildman–Crippen LogP) is 4.58. The largest absolute Gasteiger partial charge is 0.497 e. The van der Waals surface area contributed by atoms with E-state index in [0.717, 1.165) is 16.8 Å². The van der Waals surface area contributed by atoms with Gasteiger partial charge in [-0.05, 0) is 42.0 Å². The molecule has 0 bridgehead atoms. The Bertz CT molecular complexity index is 1830. The zero-order valence-corrected chi connectivity index (χ0v) is 25.7. The number of amides is 3. The van der Waals surface area contributed by atoms with Gasteiger partial charge >= 0.3 is 0 Å². The van der Waals surface area contributed by atoms with Gasteiger partial charge in [0.2, 0.25) is 11.8 Å². The minimum Gasteiger partial charge on any atom is -0.497 e. The predicted molar refractivity (Wildman–Crippen MR) is 173 cm³/mol. The number of amidine groups is 1. The van der Waals surface area contributed by atoms with E-state index in [1.165, 1.54) is 25.3 Å². The van der Waals surface area contributed by atoms with Crippen LogP contribution in [0.4, 0.5) is 17.1 Å². The Morgan fingerprint density at radius 3 is 2.40 bits per heavy atom. The number of rotatable bonds is 13. The van der Waals surface area contributed by atoms with E-state index >= 15 is 0 Å². The normalized spacial score (nSPS) is 12.9. The number of nitro benzene ring substituents is 1. The number of nitrogens with zero attached hydrogens (tertiary/aromatic N) is 6. The first kappa shape index (κ1) is 33.6. The van der Waals surface area contributed by atoms with E-state index in [2.05, 4.69) is 27.9 Å². The number of ether oxygens (including phenoxy) is 1. The number of aliphatic imine (C=N–C) groups is 1. The van der Waals surface area contributed by atoms with E-state index in [9.17, 15) is 24.5 Å². The Balaban J connectivity index is 1.61. The average molecular weight is 655 g/mol. The van der Waals surface area contributed by atoms with Crippen LogP contribution in [0.5, 0.6) is 5.75 Å². The molecule has 3 aromatic carbocycles. The molecule has 15 heteroatoms. The molecule has 0 saturated carbocycles. The van der Waals surface area contributed by atoms with Crippen molar-refractivity contribution in [3.05, 3.63) is 98.7 Å². The van der Waals surface area contributed by atoms with E-state index in [1.807, 2.05) is 4.90 Å². The molecular formula is C32H27ClN8O6. The third-order valence-electron chi connectivity index (χ3n) is 6.72. The monoisotopic (exact) mass is 654 g/mol. The van der Waals surface area contributed by atoms with Crippen LogP contribution >= 0.6 is 11.6 Å². The summed E-state index contributed by atoms with van der Waals surface area (Å²) in [5.74, 6) is -2.02. The number of hydrogen-bond donors (Lipinski definition) is 2. The molecule has 47 heavy (non-hydrogen) atoms. The molecule has 1 heterocycles. The molecule has 0 atom stereocenters. The van der Waals surface area contributed by atoms with Crippen molar-refractivity contribution in [1.29, 1.82) is 10.5 Å². The SMILES string of the molecule is COc1cccc(NC(=O)CC(=O)NN2C(=O)/C(=C\c3ccc(N(CCC#N)CCC#N)cc3)N=C2c2cc([N+](=O)[O-])ccc2Cl)c1. The number of non-ortho nitro benzene ring substituents is 1. The fourth-order valence-corrected chi connectivity index (χ4v) is 4.70. The molecule has 1 aliphatic heterocycles. The third kappa shape index (κ3) is 8.69. The second-order valence-electron chi connectivity index (χ2n) is 9.91. The van der Waals surface area contributed by atoms with Gasteiger partial charge in [0.1, 0.15) is 17.9 Å². The Hall–Kier alpha value is -6.25. The summed E-state index contributed by atoms with van der Waals surface area (Å²) in [6.07, 6.45) is 1.32. The van der Waals surface area contributed by atoms with Crippen LogP contribution in [0.3, 0.4) is 0 Å². The lowest BCUT2D eigenvalue weighted by atomic mass is 10.1. The van der Waals surface area contributed by atoms with Gasteiger partial charge in [-0.15, -0.1) is 0 Å². The zero-order valence-electron chi connectivity index (χ0n) is 25.0. The lowest BCUT2D eigenvalue weighted by molar-refractivity contribution is -0.384. The summed E-state index contributed by atoms with van der Waals surface area (Å²) < 4.78 is 5.13. The number of benzene rings is 3. The Labute approximate surface area is 274 Å². The Morgan fingerprint density at radius 2 is 1.77 bits per heavy atom. The highest BCUT2D eigenvalue weighted by Crippen LogP contribution is 2.29. The van der Waals surface area contributed by atoms with E-state index in [0.29, 0.717) is 30.1 Å². The molecule has 0 aromatic heterocycles. The van der Waals surface area contributed by atoms with Gasteiger partial charge in [0.25, 0.3) is 11.6 Å². The van der Waals surface area contributed by atoms with E-state index < -0.39 is 29.1 Å². The number of hydrazine groups is 1. The summed E-state index contributed by atoms with van der Waals surface area (Å²) in [5.41, 5.74) is 3.63. The molecular weight excluding hydrogens is 628 g/mol. The first-order chi connectivity index (χ1) is 22.6. The Morgan fingerprint density at radius 1 is 1.06 bits per heavy atom. The van der Waals surface area contributed by atoms with E-state index in [4.69, 9.17) is 26.9 Å². The summed E-state index contributed by atoms with van der Waals surface area (Å²) in [4.78, 5) is 56.3. The third-order valence-corrected chi connectivity index (χ3v) is 7.05. The van der Waals surface area contributed by atoms with Crippen molar-refractivity contribution >= 4 is 58.3 Å². The zero-order chi connectivity index (χ0) is 33.9. The van der Waals surface area contributed by atoms with Gasteiger partial charge in [-0.1, -0.05) is 29.8 Å². The second-order valence-corrected chi connectivity index (χ2v) is 10.3. The van der Waals surface area contributed by atoms with Gasteiger partial charge < -0.3 is 15.0 Å². The number of anilines is 2. The summed E-state index contributed by atoms with van der Waals surface area (Å²) in [6, 6.07) is 21.2. The van der Waals surface area contributed by atoms with Crippen LogP contribution in [0.25, 0.3) is 6.08 Å². The van der Waals surface area contributed by atoms with Crippen molar-refractivity contribution in [1.82, 2.24) is 10.4 Å². The van der Waals surface area contributed by atoms with Gasteiger partial charge in [-0.25, -0.2) is 4.99 Å². The van der Waals surface area contributed by atoms with Crippen molar-refractivity contribution < 1.29 is 24.0 Å². The Kier molecular flexibility index (Phi) is 11.2. The molecule has 0 fully saturated rings.